The van der Waals surface area contributed by atoms with Gasteiger partial charge in [0.1, 0.15) is 0 Å². The van der Waals surface area contributed by atoms with Crippen LogP contribution < -0.4 is 9.47 Å². The maximum absolute atomic E-state index is 8.39. The van der Waals surface area contributed by atoms with Crippen molar-refractivity contribution in [3.05, 3.63) is 23.8 Å². The first kappa shape index (κ1) is 11.4. The molecular weight excluding hydrogens is 194 g/mol. The number of methoxy groups -OCH3 is 1. The van der Waals surface area contributed by atoms with E-state index in [1.54, 1.807) is 25.3 Å². The maximum atomic E-state index is 8.39. The third-order valence-electron chi connectivity index (χ3n) is 1.86. The molecule has 0 aliphatic carbocycles. The first-order valence-electron chi connectivity index (χ1n) is 4.80. The Labute approximate surface area is 89.1 Å². The van der Waals surface area contributed by atoms with E-state index in [0.717, 1.165) is 12.0 Å². The fourth-order valence-electron chi connectivity index (χ4n) is 1.16. The molecule has 0 spiro atoms. The summed E-state index contributed by atoms with van der Waals surface area (Å²) in [6.45, 7) is 2.70. The summed E-state index contributed by atoms with van der Waals surface area (Å²) in [5.41, 5.74) is 0.762. The molecule has 1 N–H and O–H groups in total. The third-order valence-corrected chi connectivity index (χ3v) is 1.86. The van der Waals surface area contributed by atoms with Crippen molar-refractivity contribution in [1.29, 1.82) is 0 Å². The highest BCUT2D eigenvalue weighted by atomic mass is 16.5. The zero-order valence-corrected chi connectivity index (χ0v) is 8.93. The van der Waals surface area contributed by atoms with Crippen LogP contribution in [0.25, 0.3) is 0 Å². The van der Waals surface area contributed by atoms with Gasteiger partial charge in [-0.3, -0.25) is 0 Å². The van der Waals surface area contributed by atoms with Crippen LogP contribution in [0.5, 0.6) is 11.5 Å². The normalized spacial score (nSPS) is 10.5. The molecule has 1 rings (SSSR count). The minimum Gasteiger partial charge on any atom is -0.493 e. The number of ether oxygens (including phenoxy) is 2. The highest BCUT2D eigenvalue weighted by Crippen LogP contribution is 2.27. The molecule has 0 atom stereocenters. The van der Waals surface area contributed by atoms with Crippen LogP contribution in [-0.2, 0) is 0 Å². The monoisotopic (exact) mass is 209 g/mol. The summed E-state index contributed by atoms with van der Waals surface area (Å²) in [6.07, 6.45) is 2.29. The van der Waals surface area contributed by atoms with Crippen molar-refractivity contribution in [1.82, 2.24) is 0 Å². The van der Waals surface area contributed by atoms with Gasteiger partial charge in [-0.1, -0.05) is 12.1 Å². The van der Waals surface area contributed by atoms with Gasteiger partial charge >= 0.3 is 0 Å². The van der Waals surface area contributed by atoms with Gasteiger partial charge in [0.2, 0.25) is 0 Å². The molecule has 15 heavy (non-hydrogen) atoms. The van der Waals surface area contributed by atoms with Gasteiger partial charge in [-0.2, -0.15) is 0 Å². The van der Waals surface area contributed by atoms with Crippen LogP contribution in [0.15, 0.2) is 23.4 Å². The summed E-state index contributed by atoms with van der Waals surface area (Å²) in [6, 6.07) is 5.35. The van der Waals surface area contributed by atoms with Gasteiger partial charge in [0.15, 0.2) is 11.5 Å². The Hall–Kier alpha value is -1.71. The van der Waals surface area contributed by atoms with Crippen LogP contribution in [0.1, 0.15) is 18.9 Å². The topological polar surface area (TPSA) is 51.0 Å². The first-order chi connectivity index (χ1) is 7.31. The van der Waals surface area contributed by atoms with E-state index in [1.807, 2.05) is 6.92 Å². The van der Waals surface area contributed by atoms with E-state index in [4.69, 9.17) is 14.7 Å². The van der Waals surface area contributed by atoms with Crippen molar-refractivity contribution in [3.63, 3.8) is 0 Å². The molecule has 0 heterocycles. The van der Waals surface area contributed by atoms with Crippen LogP contribution in [0.4, 0.5) is 0 Å². The van der Waals surface area contributed by atoms with Gasteiger partial charge in [-0.15, -0.1) is 0 Å². The second kappa shape index (κ2) is 5.90. The zero-order chi connectivity index (χ0) is 11.1. The molecule has 1 aromatic carbocycles. The van der Waals surface area contributed by atoms with E-state index in [0.29, 0.717) is 18.1 Å². The van der Waals surface area contributed by atoms with Crippen molar-refractivity contribution in [2.24, 2.45) is 5.16 Å². The van der Waals surface area contributed by atoms with Crippen LogP contribution in [0.2, 0.25) is 0 Å². The van der Waals surface area contributed by atoms with Gasteiger partial charge < -0.3 is 14.7 Å². The lowest BCUT2D eigenvalue weighted by atomic mass is 10.2. The van der Waals surface area contributed by atoms with E-state index < -0.39 is 0 Å². The second-order valence-corrected chi connectivity index (χ2v) is 3.00. The SMILES string of the molecule is CCCOc1ccc(/C=N/O)cc1OC. The molecule has 4 heteroatoms. The number of benzene rings is 1. The Morgan fingerprint density at radius 3 is 2.80 bits per heavy atom. The maximum Gasteiger partial charge on any atom is 0.161 e. The Balaban J connectivity index is 2.88. The van der Waals surface area contributed by atoms with E-state index in [2.05, 4.69) is 5.16 Å². The molecule has 0 aromatic heterocycles. The predicted molar refractivity (Wildman–Crippen MR) is 58.2 cm³/mol. The molecule has 82 valence electrons. The Bertz CT molecular complexity index is 337. The second-order valence-electron chi connectivity index (χ2n) is 3.00. The standard InChI is InChI=1S/C11H15NO3/c1-3-6-15-10-5-4-9(8-12-13)7-11(10)14-2/h4-5,7-8,13H,3,6H2,1-2H3/b12-8+. The van der Waals surface area contributed by atoms with Crippen molar-refractivity contribution in [3.8, 4) is 11.5 Å². The quantitative estimate of drug-likeness (QED) is 0.460. The molecule has 1 aromatic rings. The van der Waals surface area contributed by atoms with Crippen LogP contribution in [0.3, 0.4) is 0 Å². The highest BCUT2D eigenvalue weighted by molar-refractivity contribution is 5.80. The Morgan fingerprint density at radius 1 is 1.40 bits per heavy atom. The molecule has 0 saturated carbocycles. The van der Waals surface area contributed by atoms with Crippen LogP contribution >= 0.6 is 0 Å². The van der Waals surface area contributed by atoms with Crippen molar-refractivity contribution >= 4 is 6.21 Å². The molecule has 0 radical (unpaired) electrons. The Kier molecular flexibility index (Phi) is 4.47. The lowest BCUT2D eigenvalue weighted by Gasteiger charge is -2.10. The number of hydrogen-bond acceptors (Lipinski definition) is 4. The smallest absolute Gasteiger partial charge is 0.161 e. The van der Waals surface area contributed by atoms with Gasteiger partial charge in [0.05, 0.1) is 19.9 Å². The van der Waals surface area contributed by atoms with E-state index in [1.165, 1.54) is 6.21 Å². The molecular formula is C11H15NO3. The lowest BCUT2D eigenvalue weighted by molar-refractivity contribution is 0.294. The third kappa shape index (κ3) is 3.16. The number of nitrogens with zero attached hydrogens (tertiary/aromatic N) is 1. The molecule has 4 nitrogen and oxygen atoms in total. The number of hydrogen-bond donors (Lipinski definition) is 1. The fraction of sp³-hybridized carbons (Fsp3) is 0.364. The molecule has 0 aliphatic heterocycles. The summed E-state index contributed by atoms with van der Waals surface area (Å²) in [7, 11) is 1.58. The molecule has 0 saturated heterocycles. The van der Waals surface area contributed by atoms with Gasteiger partial charge in [0, 0.05) is 5.56 Å². The van der Waals surface area contributed by atoms with E-state index in [9.17, 15) is 0 Å². The van der Waals surface area contributed by atoms with Gasteiger partial charge in [-0.05, 0) is 24.6 Å². The molecule has 0 amide bonds. The summed E-state index contributed by atoms with van der Waals surface area (Å²) >= 11 is 0. The number of rotatable bonds is 5. The predicted octanol–water partition coefficient (Wildman–Crippen LogP) is 2.29. The van der Waals surface area contributed by atoms with Crippen molar-refractivity contribution < 1.29 is 14.7 Å². The van der Waals surface area contributed by atoms with Gasteiger partial charge in [-0.25, -0.2) is 0 Å². The van der Waals surface area contributed by atoms with Crippen molar-refractivity contribution in [2.75, 3.05) is 13.7 Å². The summed E-state index contributed by atoms with van der Waals surface area (Å²) in [5.74, 6) is 1.34. The first-order valence-corrected chi connectivity index (χ1v) is 4.80. The summed E-state index contributed by atoms with van der Waals surface area (Å²) in [5, 5.41) is 11.3. The molecule has 0 fully saturated rings. The minimum atomic E-state index is 0.640. The average Bonchev–Trinajstić information content (AvgIpc) is 2.27. The van der Waals surface area contributed by atoms with Crippen LogP contribution in [0, 0.1) is 0 Å². The molecule has 0 unspecified atom stereocenters. The van der Waals surface area contributed by atoms with Crippen LogP contribution in [-0.4, -0.2) is 25.1 Å². The van der Waals surface area contributed by atoms with E-state index in [-0.39, 0.29) is 0 Å². The fourth-order valence-corrected chi connectivity index (χ4v) is 1.16. The zero-order valence-electron chi connectivity index (χ0n) is 8.93. The lowest BCUT2D eigenvalue weighted by Crippen LogP contribution is -1.98. The van der Waals surface area contributed by atoms with Crippen molar-refractivity contribution in [2.45, 2.75) is 13.3 Å². The summed E-state index contributed by atoms with van der Waals surface area (Å²) < 4.78 is 10.6. The molecule has 0 bridgehead atoms. The minimum absolute atomic E-state index is 0.640. The Morgan fingerprint density at radius 2 is 2.20 bits per heavy atom. The van der Waals surface area contributed by atoms with Gasteiger partial charge in [0.25, 0.3) is 0 Å². The highest BCUT2D eigenvalue weighted by Gasteiger charge is 2.04. The largest absolute Gasteiger partial charge is 0.493 e. The summed E-state index contributed by atoms with van der Waals surface area (Å²) in [4.78, 5) is 0. The van der Waals surface area contributed by atoms with E-state index >= 15 is 0 Å². The number of oxime groups is 1. The molecule has 0 aliphatic rings. The average molecular weight is 209 g/mol.